The largest absolute Gasteiger partial charge is 0.328 e. The fraction of sp³-hybridized carbons (Fsp3) is 1.00. The molecule has 0 heterocycles. The zero-order valence-corrected chi connectivity index (χ0v) is 7.71. The van der Waals surface area contributed by atoms with Gasteiger partial charge in [-0.2, -0.15) is 0 Å². The van der Waals surface area contributed by atoms with Crippen molar-refractivity contribution in [1.29, 1.82) is 0 Å². The normalized spacial score (nSPS) is 15.1. The third-order valence-electron chi connectivity index (χ3n) is 0.455. The highest BCUT2D eigenvalue weighted by Gasteiger charge is 2.39. The van der Waals surface area contributed by atoms with E-state index in [1.807, 2.05) is 0 Å². The summed E-state index contributed by atoms with van der Waals surface area (Å²) in [6.07, 6.45) is 0. The maximum atomic E-state index is 9.82. The zero-order chi connectivity index (χ0) is 7.65. The van der Waals surface area contributed by atoms with E-state index in [0.29, 0.717) is 0 Å². The molecule has 9 heavy (non-hydrogen) atoms. The second kappa shape index (κ2) is 3.23. The van der Waals surface area contributed by atoms with E-state index in [1.165, 1.54) is 0 Å². The Labute approximate surface area is 74.5 Å². The summed E-state index contributed by atoms with van der Waals surface area (Å²) in [6, 6.07) is 0. The highest BCUT2D eigenvalue weighted by atomic mass is 79.9. The van der Waals surface area contributed by atoms with Crippen LogP contribution in [0.5, 0.6) is 0 Å². The lowest BCUT2D eigenvalue weighted by molar-refractivity contribution is -0.496. The second-order valence-electron chi connectivity index (χ2n) is 1.16. The van der Waals surface area contributed by atoms with Crippen LogP contribution in [0.4, 0.5) is 0 Å². The van der Waals surface area contributed by atoms with Crippen LogP contribution < -0.4 is 0 Å². The van der Waals surface area contributed by atoms with Crippen LogP contribution in [0.3, 0.4) is 0 Å². The fourth-order valence-electron chi connectivity index (χ4n) is 0.120. The lowest BCUT2D eigenvalue weighted by atomic mass is 10.8. The zero-order valence-electron chi connectivity index (χ0n) is 3.85. The molecule has 0 aromatic rings. The van der Waals surface area contributed by atoms with Crippen LogP contribution in [0, 0.1) is 10.1 Å². The number of alkyl halides is 4. The first kappa shape index (κ1) is 9.75. The van der Waals surface area contributed by atoms with E-state index in [1.54, 1.807) is 0 Å². The third-order valence-corrected chi connectivity index (χ3v) is 2.28. The fourth-order valence-corrected chi connectivity index (χ4v) is 0.446. The lowest BCUT2D eigenvalue weighted by Gasteiger charge is -2.09. The summed E-state index contributed by atoms with van der Waals surface area (Å²) >= 11 is 18.1. The Morgan fingerprint density at radius 2 is 2.00 bits per heavy atom. The Morgan fingerprint density at radius 3 is 2.00 bits per heavy atom. The molecule has 0 amide bonds. The van der Waals surface area contributed by atoms with Crippen molar-refractivity contribution in [3.05, 3.63) is 10.1 Å². The topological polar surface area (TPSA) is 43.1 Å². The molecule has 0 rings (SSSR count). The predicted octanol–water partition coefficient (Wildman–Crippen LogP) is 2.35. The number of halogens is 4. The summed E-state index contributed by atoms with van der Waals surface area (Å²) in [5, 5.41) is 9.82. The molecule has 3 nitrogen and oxygen atoms in total. The molecule has 0 aromatic carbocycles. The van der Waals surface area contributed by atoms with Gasteiger partial charge in [0.05, 0.1) is 0 Å². The minimum absolute atomic E-state index is 0.795. The quantitative estimate of drug-likeness (QED) is 0.330. The Kier molecular flexibility index (Phi) is 3.50. The van der Waals surface area contributed by atoms with E-state index in [4.69, 9.17) is 34.8 Å². The van der Waals surface area contributed by atoms with Crippen molar-refractivity contribution in [3.63, 3.8) is 0 Å². The van der Waals surface area contributed by atoms with Crippen molar-refractivity contribution in [2.45, 2.75) is 8.74 Å². The van der Waals surface area contributed by atoms with Crippen LogP contribution in [0.2, 0.25) is 0 Å². The van der Waals surface area contributed by atoms with Crippen molar-refractivity contribution in [2.24, 2.45) is 0 Å². The molecule has 0 aromatic heterocycles. The Bertz CT molecular complexity index is 123. The summed E-state index contributed by atoms with van der Waals surface area (Å²) in [5.74, 6) is 0. The summed E-state index contributed by atoms with van der Waals surface area (Å²) in [4.78, 5) is 9.03. The van der Waals surface area contributed by atoms with Gasteiger partial charge in [-0.25, -0.2) is 0 Å². The first-order chi connectivity index (χ1) is 3.85. The standard InChI is InChI=1S/C2HBrCl3NO2/c3-2(5,6)1(4)7(8)9/h1H. The molecule has 0 radical (unpaired) electrons. The number of hydrogen-bond donors (Lipinski definition) is 0. The molecule has 0 saturated carbocycles. The molecular weight excluding hydrogens is 256 g/mol. The minimum Gasteiger partial charge on any atom is -0.263 e. The van der Waals surface area contributed by atoms with Gasteiger partial charge in [0, 0.05) is 4.92 Å². The van der Waals surface area contributed by atoms with Gasteiger partial charge in [-0.15, -0.1) is 0 Å². The number of rotatable bonds is 2. The summed E-state index contributed by atoms with van der Waals surface area (Å²) in [5.41, 5.74) is -1.54. The maximum Gasteiger partial charge on any atom is 0.328 e. The third kappa shape index (κ3) is 3.45. The first-order valence-corrected chi connectivity index (χ1v) is 3.68. The molecular formula is C2HBrCl3NO2. The van der Waals surface area contributed by atoms with Crippen LogP contribution in [-0.4, -0.2) is 13.7 Å². The number of nitrogens with zero attached hydrogens (tertiary/aromatic N) is 1. The Balaban J connectivity index is 4.04. The molecule has 0 saturated heterocycles. The van der Waals surface area contributed by atoms with E-state index < -0.39 is 13.7 Å². The molecule has 1 atom stereocenters. The average Bonchev–Trinajstić information content (AvgIpc) is 1.62. The molecule has 54 valence electrons. The summed E-state index contributed by atoms with van der Waals surface area (Å²) in [6.45, 7) is 0. The van der Waals surface area contributed by atoms with Gasteiger partial charge < -0.3 is 0 Å². The van der Waals surface area contributed by atoms with Crippen LogP contribution >= 0.6 is 50.7 Å². The van der Waals surface area contributed by atoms with Gasteiger partial charge in [0.25, 0.3) is 3.24 Å². The van der Waals surface area contributed by atoms with Crippen molar-refractivity contribution in [3.8, 4) is 0 Å². The number of hydrogen-bond acceptors (Lipinski definition) is 2. The minimum atomic E-state index is -1.70. The van der Waals surface area contributed by atoms with Gasteiger partial charge in [-0.05, 0) is 27.5 Å². The van der Waals surface area contributed by atoms with Crippen LogP contribution in [0.1, 0.15) is 0 Å². The molecule has 7 heteroatoms. The van der Waals surface area contributed by atoms with E-state index in [2.05, 4.69) is 15.9 Å². The van der Waals surface area contributed by atoms with E-state index in [0.717, 1.165) is 0 Å². The van der Waals surface area contributed by atoms with E-state index in [-0.39, 0.29) is 0 Å². The Morgan fingerprint density at radius 1 is 1.67 bits per heavy atom. The highest BCUT2D eigenvalue weighted by molar-refractivity contribution is 9.11. The van der Waals surface area contributed by atoms with Crippen LogP contribution in [0.15, 0.2) is 0 Å². The molecule has 0 fully saturated rings. The summed E-state index contributed by atoms with van der Waals surface area (Å²) < 4.78 is -1.70. The monoisotopic (exact) mass is 255 g/mol. The predicted molar refractivity (Wildman–Crippen MR) is 40.0 cm³/mol. The highest BCUT2D eigenvalue weighted by Crippen LogP contribution is 2.35. The van der Waals surface area contributed by atoms with Crippen LogP contribution in [0.25, 0.3) is 0 Å². The van der Waals surface area contributed by atoms with Gasteiger partial charge in [0.1, 0.15) is 0 Å². The van der Waals surface area contributed by atoms with Crippen molar-refractivity contribution >= 4 is 50.7 Å². The number of nitro groups is 1. The van der Waals surface area contributed by atoms with Gasteiger partial charge in [0.15, 0.2) is 0 Å². The van der Waals surface area contributed by atoms with Crippen LogP contribution in [-0.2, 0) is 0 Å². The van der Waals surface area contributed by atoms with Crippen molar-refractivity contribution in [2.75, 3.05) is 0 Å². The molecule has 0 spiro atoms. The molecule has 0 aliphatic heterocycles. The van der Waals surface area contributed by atoms with Gasteiger partial charge in [-0.1, -0.05) is 23.2 Å². The molecule has 0 bridgehead atoms. The van der Waals surface area contributed by atoms with E-state index in [9.17, 15) is 10.1 Å². The van der Waals surface area contributed by atoms with Crippen molar-refractivity contribution in [1.82, 2.24) is 0 Å². The van der Waals surface area contributed by atoms with Gasteiger partial charge in [-0.3, -0.25) is 10.1 Å². The summed E-state index contributed by atoms with van der Waals surface area (Å²) in [7, 11) is 0. The molecule has 0 aliphatic carbocycles. The first-order valence-electron chi connectivity index (χ1n) is 1.70. The van der Waals surface area contributed by atoms with E-state index >= 15 is 0 Å². The second-order valence-corrected chi connectivity index (χ2v) is 5.13. The van der Waals surface area contributed by atoms with Gasteiger partial charge in [0.2, 0.25) is 0 Å². The van der Waals surface area contributed by atoms with Gasteiger partial charge >= 0.3 is 5.50 Å². The lowest BCUT2D eigenvalue weighted by Crippen LogP contribution is -2.27. The SMILES string of the molecule is O=[N+]([O-])C(Cl)C(Cl)(Cl)Br. The van der Waals surface area contributed by atoms with Crippen molar-refractivity contribution < 1.29 is 4.92 Å². The molecule has 0 aliphatic rings. The smallest absolute Gasteiger partial charge is 0.263 e. The average molecular weight is 257 g/mol. The maximum absolute atomic E-state index is 9.82. The molecule has 0 N–H and O–H groups in total. The molecule has 1 unspecified atom stereocenters. The Hall–Kier alpha value is 0.750.